The Hall–Kier alpha value is -1.65. The fraction of sp³-hybridized carbons (Fsp3) is 0.154. The normalized spacial score (nSPS) is 13.6. The number of hydrogen-bond donors (Lipinski definition) is 2. The molecule has 0 radical (unpaired) electrons. The first kappa shape index (κ1) is 10.5. The van der Waals surface area contributed by atoms with Gasteiger partial charge < -0.3 is 11.1 Å². The summed E-state index contributed by atoms with van der Waals surface area (Å²) >= 11 is 1.66. The first-order chi connectivity index (χ1) is 8.28. The van der Waals surface area contributed by atoms with Crippen LogP contribution in [0.4, 0.5) is 5.69 Å². The third kappa shape index (κ3) is 1.75. The summed E-state index contributed by atoms with van der Waals surface area (Å²) in [5, 5.41) is 7.02. The van der Waals surface area contributed by atoms with E-state index in [1.807, 2.05) is 12.1 Å². The summed E-state index contributed by atoms with van der Waals surface area (Å²) < 4.78 is 0. The summed E-state index contributed by atoms with van der Waals surface area (Å²) in [6, 6.07) is 6.08. The molecule has 3 nitrogen and oxygen atoms in total. The molecule has 1 aliphatic rings. The lowest BCUT2D eigenvalue weighted by Crippen LogP contribution is -2.03. The number of nitrogens with two attached hydrogens (primary N) is 1. The van der Waals surface area contributed by atoms with Crippen molar-refractivity contribution in [2.24, 2.45) is 5.73 Å². The minimum atomic E-state index is 0.0708. The van der Waals surface area contributed by atoms with E-state index in [1.165, 1.54) is 5.56 Å². The Bertz CT molecular complexity index is 589. The average molecular weight is 244 g/mol. The summed E-state index contributed by atoms with van der Waals surface area (Å²) in [6.45, 7) is 0.549. The molecule has 3 rings (SSSR count). The molecule has 2 heterocycles. The molecule has 0 unspecified atom stereocenters. The van der Waals surface area contributed by atoms with Gasteiger partial charge in [0.25, 0.3) is 0 Å². The van der Waals surface area contributed by atoms with Crippen LogP contribution in [0.1, 0.15) is 11.1 Å². The zero-order valence-corrected chi connectivity index (χ0v) is 10.0. The summed E-state index contributed by atoms with van der Waals surface area (Å²) in [5.41, 5.74) is 11.2. The van der Waals surface area contributed by atoms with Crippen LogP contribution in [0.3, 0.4) is 0 Å². The number of rotatable bonds is 2. The number of anilines is 1. The molecule has 0 saturated heterocycles. The number of amides is 1. The van der Waals surface area contributed by atoms with Gasteiger partial charge in [-0.1, -0.05) is 6.07 Å². The monoisotopic (exact) mass is 244 g/mol. The summed E-state index contributed by atoms with van der Waals surface area (Å²) in [6.07, 6.45) is 0.477. The smallest absolute Gasteiger partial charge is 0.228 e. The minimum absolute atomic E-state index is 0.0708. The van der Waals surface area contributed by atoms with Crippen molar-refractivity contribution in [3.05, 3.63) is 40.1 Å². The Morgan fingerprint density at radius 3 is 3.06 bits per heavy atom. The van der Waals surface area contributed by atoms with Crippen molar-refractivity contribution in [2.75, 3.05) is 5.32 Å². The number of nitrogens with one attached hydrogen (secondary N) is 1. The highest BCUT2D eigenvalue weighted by Gasteiger charge is 2.18. The van der Waals surface area contributed by atoms with E-state index < -0.39 is 0 Å². The molecule has 3 N–H and O–H groups in total. The molecule has 0 bridgehead atoms. The van der Waals surface area contributed by atoms with Crippen LogP contribution >= 0.6 is 11.3 Å². The van der Waals surface area contributed by atoms with Gasteiger partial charge in [-0.25, -0.2) is 0 Å². The first-order valence-corrected chi connectivity index (χ1v) is 6.40. The van der Waals surface area contributed by atoms with E-state index in [2.05, 4.69) is 22.1 Å². The molecule has 2 aromatic rings. The quantitative estimate of drug-likeness (QED) is 0.852. The number of carbonyl (C=O) groups excluding carboxylic acids is 1. The van der Waals surface area contributed by atoms with Gasteiger partial charge in [0.1, 0.15) is 0 Å². The van der Waals surface area contributed by atoms with Crippen LogP contribution in [0, 0.1) is 0 Å². The molecule has 1 aliphatic heterocycles. The Kier molecular flexibility index (Phi) is 2.46. The van der Waals surface area contributed by atoms with Gasteiger partial charge in [-0.15, -0.1) is 0 Å². The Labute approximate surface area is 103 Å². The minimum Gasteiger partial charge on any atom is -0.326 e. The van der Waals surface area contributed by atoms with Crippen LogP contribution in [0.2, 0.25) is 0 Å². The molecular weight excluding hydrogens is 232 g/mol. The van der Waals surface area contributed by atoms with Gasteiger partial charge in [0, 0.05) is 12.2 Å². The largest absolute Gasteiger partial charge is 0.326 e. The lowest BCUT2D eigenvalue weighted by Gasteiger charge is -2.05. The predicted octanol–water partition coefficient (Wildman–Crippen LogP) is 2.37. The standard InChI is InChI=1S/C13H12N2OS/c14-5-10-6-17-7-11(10)8-1-2-12-9(3-8)4-13(16)15-12/h1-3,6-7H,4-5,14H2,(H,15,16). The van der Waals surface area contributed by atoms with Crippen LogP contribution in [0.15, 0.2) is 29.0 Å². The molecule has 0 saturated carbocycles. The summed E-state index contributed by atoms with van der Waals surface area (Å²) in [7, 11) is 0. The van der Waals surface area contributed by atoms with E-state index in [9.17, 15) is 4.79 Å². The second-order valence-electron chi connectivity index (χ2n) is 4.11. The highest BCUT2D eigenvalue weighted by Crippen LogP contribution is 2.32. The van der Waals surface area contributed by atoms with Crippen molar-refractivity contribution in [1.29, 1.82) is 0 Å². The highest BCUT2D eigenvalue weighted by atomic mass is 32.1. The van der Waals surface area contributed by atoms with E-state index in [-0.39, 0.29) is 5.91 Å². The SMILES string of the molecule is NCc1cscc1-c1ccc2c(c1)CC(=O)N2. The maximum absolute atomic E-state index is 11.3. The lowest BCUT2D eigenvalue weighted by atomic mass is 10.0. The highest BCUT2D eigenvalue weighted by molar-refractivity contribution is 7.08. The predicted molar refractivity (Wildman–Crippen MR) is 70.0 cm³/mol. The molecule has 17 heavy (non-hydrogen) atoms. The molecule has 4 heteroatoms. The summed E-state index contributed by atoms with van der Waals surface area (Å²) in [4.78, 5) is 11.3. The molecule has 1 amide bonds. The van der Waals surface area contributed by atoms with Crippen molar-refractivity contribution >= 4 is 22.9 Å². The zero-order chi connectivity index (χ0) is 11.8. The van der Waals surface area contributed by atoms with Crippen molar-refractivity contribution in [1.82, 2.24) is 0 Å². The third-order valence-electron chi connectivity index (χ3n) is 3.00. The average Bonchev–Trinajstić information content (AvgIpc) is 2.91. The fourth-order valence-electron chi connectivity index (χ4n) is 2.13. The fourth-order valence-corrected chi connectivity index (χ4v) is 3.01. The van der Waals surface area contributed by atoms with Crippen molar-refractivity contribution < 1.29 is 4.79 Å². The Morgan fingerprint density at radius 2 is 2.24 bits per heavy atom. The van der Waals surface area contributed by atoms with E-state index >= 15 is 0 Å². The second-order valence-corrected chi connectivity index (χ2v) is 4.86. The van der Waals surface area contributed by atoms with E-state index in [4.69, 9.17) is 5.73 Å². The number of carbonyl (C=O) groups is 1. The van der Waals surface area contributed by atoms with Crippen LogP contribution in [-0.2, 0) is 17.8 Å². The first-order valence-electron chi connectivity index (χ1n) is 5.46. The van der Waals surface area contributed by atoms with Crippen molar-refractivity contribution in [2.45, 2.75) is 13.0 Å². The van der Waals surface area contributed by atoms with E-state index in [0.717, 1.165) is 22.4 Å². The molecule has 1 aromatic carbocycles. The number of benzene rings is 1. The second kappa shape index (κ2) is 3.98. The van der Waals surface area contributed by atoms with Crippen molar-refractivity contribution in [3.63, 3.8) is 0 Å². The molecule has 86 valence electrons. The maximum Gasteiger partial charge on any atom is 0.228 e. The Morgan fingerprint density at radius 1 is 1.35 bits per heavy atom. The van der Waals surface area contributed by atoms with Crippen molar-refractivity contribution in [3.8, 4) is 11.1 Å². The molecular formula is C13H12N2OS. The lowest BCUT2D eigenvalue weighted by molar-refractivity contribution is -0.115. The van der Waals surface area contributed by atoms with Gasteiger partial charge >= 0.3 is 0 Å². The Balaban J connectivity index is 2.06. The van der Waals surface area contributed by atoms with E-state index in [1.54, 1.807) is 11.3 Å². The van der Waals surface area contributed by atoms with Gasteiger partial charge in [-0.2, -0.15) is 11.3 Å². The van der Waals surface area contributed by atoms with Crippen LogP contribution < -0.4 is 11.1 Å². The van der Waals surface area contributed by atoms with Gasteiger partial charge in [0.15, 0.2) is 0 Å². The van der Waals surface area contributed by atoms with Gasteiger partial charge in [-0.3, -0.25) is 4.79 Å². The molecule has 0 atom stereocenters. The molecule has 1 aromatic heterocycles. The summed E-state index contributed by atoms with van der Waals surface area (Å²) in [5.74, 6) is 0.0708. The van der Waals surface area contributed by atoms with Gasteiger partial charge in [-0.05, 0) is 45.1 Å². The van der Waals surface area contributed by atoms with Gasteiger partial charge in [0.05, 0.1) is 6.42 Å². The zero-order valence-electron chi connectivity index (χ0n) is 9.19. The van der Waals surface area contributed by atoms with Crippen LogP contribution in [-0.4, -0.2) is 5.91 Å². The number of thiophene rings is 1. The van der Waals surface area contributed by atoms with E-state index in [0.29, 0.717) is 13.0 Å². The van der Waals surface area contributed by atoms with Crippen LogP contribution in [0.5, 0.6) is 0 Å². The van der Waals surface area contributed by atoms with Crippen LogP contribution in [0.25, 0.3) is 11.1 Å². The van der Waals surface area contributed by atoms with Gasteiger partial charge in [0.2, 0.25) is 5.91 Å². The third-order valence-corrected chi connectivity index (χ3v) is 3.80. The number of hydrogen-bond acceptors (Lipinski definition) is 3. The molecule has 0 fully saturated rings. The topological polar surface area (TPSA) is 55.1 Å². The number of fused-ring (bicyclic) bond motifs is 1. The maximum atomic E-state index is 11.3. The molecule has 0 aliphatic carbocycles. The molecule has 0 spiro atoms.